The van der Waals surface area contributed by atoms with Gasteiger partial charge in [-0.25, -0.2) is 0 Å². The molecule has 0 spiro atoms. The number of nitrogens with one attached hydrogen (secondary N) is 1. The van der Waals surface area contributed by atoms with Crippen LogP contribution in [-0.2, 0) is 6.54 Å². The monoisotopic (exact) mass is 238 g/mol. The quantitative estimate of drug-likeness (QED) is 0.845. The molecule has 0 atom stereocenters. The van der Waals surface area contributed by atoms with Gasteiger partial charge in [0.15, 0.2) is 0 Å². The number of nitriles is 1. The number of rotatable bonds is 4. The molecule has 1 aromatic carbocycles. The van der Waals surface area contributed by atoms with Crippen molar-refractivity contribution in [3.05, 3.63) is 34.3 Å². The van der Waals surface area contributed by atoms with Crippen LogP contribution in [0.3, 0.4) is 0 Å². The number of hydrogen-bond acceptors (Lipinski definition) is 3. The Morgan fingerprint density at radius 3 is 2.69 bits per heavy atom. The van der Waals surface area contributed by atoms with Gasteiger partial charge >= 0.3 is 0 Å². The second-order valence-electron chi connectivity index (χ2n) is 4.31. The first-order chi connectivity index (χ1) is 7.48. The molecule has 0 heterocycles. The smallest absolute Gasteiger partial charge is 0.0992 e. The SMILES string of the molecule is CC(C)(CO)NCc1ccc(C#N)cc1Cl. The van der Waals surface area contributed by atoms with Gasteiger partial charge in [0.05, 0.1) is 18.2 Å². The molecule has 0 aliphatic carbocycles. The third-order valence-corrected chi connectivity index (χ3v) is 2.69. The van der Waals surface area contributed by atoms with Crippen LogP contribution in [0.25, 0.3) is 0 Å². The molecule has 16 heavy (non-hydrogen) atoms. The van der Waals surface area contributed by atoms with E-state index in [2.05, 4.69) is 5.32 Å². The minimum atomic E-state index is -0.336. The first kappa shape index (κ1) is 13.0. The van der Waals surface area contributed by atoms with Gasteiger partial charge in [-0.2, -0.15) is 5.26 Å². The van der Waals surface area contributed by atoms with Crippen LogP contribution in [0.5, 0.6) is 0 Å². The lowest BCUT2D eigenvalue weighted by atomic mass is 10.1. The second-order valence-corrected chi connectivity index (χ2v) is 4.72. The van der Waals surface area contributed by atoms with Gasteiger partial charge in [-0.1, -0.05) is 17.7 Å². The Labute approximate surface area is 101 Å². The van der Waals surface area contributed by atoms with Crippen molar-refractivity contribution < 1.29 is 5.11 Å². The zero-order chi connectivity index (χ0) is 12.2. The molecule has 1 aromatic rings. The van der Waals surface area contributed by atoms with E-state index in [4.69, 9.17) is 22.0 Å². The van der Waals surface area contributed by atoms with E-state index in [9.17, 15) is 0 Å². The van der Waals surface area contributed by atoms with E-state index in [1.165, 1.54) is 0 Å². The molecule has 4 heteroatoms. The molecule has 0 amide bonds. The lowest BCUT2D eigenvalue weighted by Crippen LogP contribution is -2.42. The van der Waals surface area contributed by atoms with Gasteiger partial charge in [-0.3, -0.25) is 0 Å². The summed E-state index contributed by atoms with van der Waals surface area (Å²) in [6.45, 7) is 4.44. The Hall–Kier alpha value is -1.08. The van der Waals surface area contributed by atoms with Gasteiger partial charge in [-0.05, 0) is 31.5 Å². The molecule has 0 aliphatic rings. The van der Waals surface area contributed by atoms with Crippen LogP contribution in [-0.4, -0.2) is 17.3 Å². The molecule has 0 bridgehead atoms. The second kappa shape index (κ2) is 5.31. The lowest BCUT2D eigenvalue weighted by molar-refractivity contribution is 0.187. The summed E-state index contributed by atoms with van der Waals surface area (Å²) in [5, 5.41) is 21.5. The highest BCUT2D eigenvalue weighted by atomic mass is 35.5. The summed E-state index contributed by atoms with van der Waals surface area (Å²) in [5.74, 6) is 0. The van der Waals surface area contributed by atoms with Crippen molar-refractivity contribution in [2.45, 2.75) is 25.9 Å². The molecule has 0 saturated heterocycles. The highest BCUT2D eigenvalue weighted by Gasteiger charge is 2.15. The summed E-state index contributed by atoms with van der Waals surface area (Å²) in [6.07, 6.45) is 0. The Bertz CT molecular complexity index is 410. The minimum absolute atomic E-state index is 0.0564. The molecule has 3 nitrogen and oxygen atoms in total. The molecule has 86 valence electrons. The number of aliphatic hydroxyl groups is 1. The normalized spacial score (nSPS) is 11.2. The number of hydrogen-bond donors (Lipinski definition) is 2. The molecule has 0 fully saturated rings. The van der Waals surface area contributed by atoms with Crippen molar-refractivity contribution in [1.82, 2.24) is 5.32 Å². The summed E-state index contributed by atoms with van der Waals surface area (Å²) >= 11 is 6.03. The fraction of sp³-hybridized carbons (Fsp3) is 0.417. The van der Waals surface area contributed by atoms with Crippen LogP contribution in [0, 0.1) is 11.3 Å². The van der Waals surface area contributed by atoms with Gasteiger partial charge in [0, 0.05) is 17.1 Å². The van der Waals surface area contributed by atoms with Gasteiger partial charge in [0.2, 0.25) is 0 Å². The Morgan fingerprint density at radius 1 is 1.50 bits per heavy atom. The maximum absolute atomic E-state index is 9.08. The van der Waals surface area contributed by atoms with E-state index in [-0.39, 0.29) is 12.1 Å². The summed E-state index contributed by atoms with van der Waals surface area (Å²) in [6, 6.07) is 7.23. The maximum atomic E-state index is 9.08. The predicted octanol–water partition coefficient (Wildman–Crippen LogP) is 2.07. The Morgan fingerprint density at radius 2 is 2.19 bits per heavy atom. The van der Waals surface area contributed by atoms with Crippen LogP contribution in [0.4, 0.5) is 0 Å². The fourth-order valence-electron chi connectivity index (χ4n) is 1.15. The van der Waals surface area contributed by atoms with Crippen LogP contribution in [0.2, 0.25) is 5.02 Å². The molecule has 0 saturated carbocycles. The van der Waals surface area contributed by atoms with Gasteiger partial charge in [0.1, 0.15) is 0 Å². The molecular formula is C12H15ClN2O. The van der Waals surface area contributed by atoms with E-state index < -0.39 is 0 Å². The average molecular weight is 239 g/mol. The summed E-state index contributed by atoms with van der Waals surface area (Å²) in [5.41, 5.74) is 1.13. The maximum Gasteiger partial charge on any atom is 0.0992 e. The zero-order valence-corrected chi connectivity index (χ0v) is 10.2. The van der Waals surface area contributed by atoms with E-state index in [1.54, 1.807) is 12.1 Å². The van der Waals surface area contributed by atoms with Gasteiger partial charge < -0.3 is 10.4 Å². The van der Waals surface area contributed by atoms with Crippen LogP contribution in [0.15, 0.2) is 18.2 Å². The lowest BCUT2D eigenvalue weighted by Gasteiger charge is -2.23. The van der Waals surface area contributed by atoms with Crippen LogP contribution >= 0.6 is 11.6 Å². The number of benzene rings is 1. The van der Waals surface area contributed by atoms with Crippen molar-refractivity contribution in [3.8, 4) is 6.07 Å². The van der Waals surface area contributed by atoms with E-state index >= 15 is 0 Å². The van der Waals surface area contributed by atoms with Crippen molar-refractivity contribution >= 4 is 11.6 Å². The highest BCUT2D eigenvalue weighted by molar-refractivity contribution is 6.31. The summed E-state index contributed by atoms with van der Waals surface area (Å²) < 4.78 is 0. The third-order valence-electron chi connectivity index (χ3n) is 2.33. The van der Waals surface area contributed by atoms with E-state index in [1.807, 2.05) is 26.0 Å². The fourth-order valence-corrected chi connectivity index (χ4v) is 1.40. The predicted molar refractivity (Wildman–Crippen MR) is 64.2 cm³/mol. The van der Waals surface area contributed by atoms with Gasteiger partial charge in [0.25, 0.3) is 0 Å². The molecule has 0 unspecified atom stereocenters. The van der Waals surface area contributed by atoms with Crippen molar-refractivity contribution in [1.29, 1.82) is 5.26 Å². The first-order valence-corrected chi connectivity index (χ1v) is 5.41. The van der Waals surface area contributed by atoms with E-state index in [0.29, 0.717) is 17.1 Å². The zero-order valence-electron chi connectivity index (χ0n) is 9.42. The summed E-state index contributed by atoms with van der Waals surface area (Å²) in [4.78, 5) is 0. The molecular weight excluding hydrogens is 224 g/mol. The third kappa shape index (κ3) is 3.49. The average Bonchev–Trinajstić information content (AvgIpc) is 2.27. The van der Waals surface area contributed by atoms with Crippen molar-refractivity contribution in [2.75, 3.05) is 6.61 Å². The molecule has 1 rings (SSSR count). The minimum Gasteiger partial charge on any atom is -0.394 e. The van der Waals surface area contributed by atoms with E-state index in [0.717, 1.165) is 5.56 Å². The largest absolute Gasteiger partial charge is 0.394 e. The highest BCUT2D eigenvalue weighted by Crippen LogP contribution is 2.18. The Balaban J connectivity index is 2.73. The van der Waals surface area contributed by atoms with Crippen LogP contribution < -0.4 is 5.32 Å². The molecule has 0 aromatic heterocycles. The molecule has 0 aliphatic heterocycles. The Kier molecular flexibility index (Phi) is 4.31. The van der Waals surface area contributed by atoms with Crippen molar-refractivity contribution in [3.63, 3.8) is 0 Å². The summed E-state index contributed by atoms with van der Waals surface area (Å²) in [7, 11) is 0. The van der Waals surface area contributed by atoms with Crippen molar-refractivity contribution in [2.24, 2.45) is 0 Å². The van der Waals surface area contributed by atoms with Crippen LogP contribution in [0.1, 0.15) is 25.0 Å². The number of nitrogens with zero attached hydrogens (tertiary/aromatic N) is 1. The van der Waals surface area contributed by atoms with Gasteiger partial charge in [-0.15, -0.1) is 0 Å². The topological polar surface area (TPSA) is 56.0 Å². The number of halogens is 1. The molecule has 2 N–H and O–H groups in total. The number of aliphatic hydroxyl groups excluding tert-OH is 1. The molecule has 0 radical (unpaired) electrons. The first-order valence-electron chi connectivity index (χ1n) is 5.03. The standard InChI is InChI=1S/C12H15ClN2O/c1-12(2,8-16)15-7-10-4-3-9(6-14)5-11(10)13/h3-5,15-16H,7-8H2,1-2H3.